The minimum absolute atomic E-state index is 0.0271. The second-order valence-corrected chi connectivity index (χ2v) is 5.04. The molecule has 0 aromatic heterocycles. The Bertz CT molecular complexity index is 523. The Morgan fingerprint density at radius 3 is 1.92 bits per heavy atom. The highest BCUT2D eigenvalue weighted by atomic mass is 16.5. The van der Waals surface area contributed by atoms with Crippen LogP contribution in [0.25, 0.3) is 0 Å². The van der Waals surface area contributed by atoms with Gasteiger partial charge >= 0.3 is 29.8 Å². The molecule has 0 fully saturated rings. The molecule has 0 heterocycles. The van der Waals surface area contributed by atoms with Crippen LogP contribution in [0.5, 0.6) is 0 Å². The first kappa shape index (κ1) is 25.3. The van der Waals surface area contributed by atoms with Crippen molar-refractivity contribution < 1.29 is 48.8 Å². The van der Waals surface area contributed by atoms with Crippen molar-refractivity contribution in [3.63, 3.8) is 0 Å². The van der Waals surface area contributed by atoms with Crippen LogP contribution in [-0.2, 0) is 33.4 Å². The van der Waals surface area contributed by atoms with Gasteiger partial charge in [-0.05, 0) is 20.3 Å². The topological polar surface area (TPSA) is 164 Å². The average Bonchev–Trinajstić information content (AvgIpc) is 2.52. The van der Waals surface area contributed by atoms with Crippen LogP contribution in [0.4, 0.5) is 0 Å². The van der Waals surface area contributed by atoms with E-state index in [9.17, 15) is 24.0 Å². The Labute approximate surface area is 150 Å². The van der Waals surface area contributed by atoms with E-state index in [4.69, 9.17) is 15.3 Å². The quantitative estimate of drug-likeness (QED) is 0.351. The summed E-state index contributed by atoms with van der Waals surface area (Å²) in [6.45, 7) is 6.67. The zero-order chi connectivity index (χ0) is 20.7. The standard InChI is InChI=1S/C10H14O6.C6H10O4/c1-6(2)10(15)16-4-3-7(9(13)14)5-8(11)12;1-2-10-6(9)4-3-5(7)8/h7H,1,3-5H2,2H3,(H,11,12)(H,13,14);2-4H2,1H3,(H,7,8). The molecule has 0 spiro atoms. The fraction of sp³-hybridized carbons (Fsp3) is 0.562. The van der Waals surface area contributed by atoms with Crippen molar-refractivity contribution in [1.29, 1.82) is 0 Å². The van der Waals surface area contributed by atoms with Crippen molar-refractivity contribution in [3.8, 4) is 0 Å². The van der Waals surface area contributed by atoms with Gasteiger partial charge in [-0.25, -0.2) is 4.79 Å². The molecule has 10 nitrogen and oxygen atoms in total. The summed E-state index contributed by atoms with van der Waals surface area (Å²) in [6.07, 6.45) is -0.706. The van der Waals surface area contributed by atoms with Crippen LogP contribution in [0.1, 0.15) is 39.5 Å². The third kappa shape index (κ3) is 16.0. The van der Waals surface area contributed by atoms with Crippen molar-refractivity contribution in [3.05, 3.63) is 12.2 Å². The van der Waals surface area contributed by atoms with Crippen LogP contribution in [0.3, 0.4) is 0 Å². The highest BCUT2D eigenvalue weighted by Crippen LogP contribution is 2.09. The fourth-order valence-corrected chi connectivity index (χ4v) is 1.38. The molecule has 0 amide bonds. The van der Waals surface area contributed by atoms with Gasteiger partial charge in [0, 0.05) is 5.57 Å². The van der Waals surface area contributed by atoms with Crippen molar-refractivity contribution in [1.82, 2.24) is 0 Å². The predicted molar refractivity (Wildman–Crippen MR) is 87.3 cm³/mol. The van der Waals surface area contributed by atoms with Gasteiger partial charge in [0.15, 0.2) is 0 Å². The lowest BCUT2D eigenvalue weighted by Crippen LogP contribution is -2.20. The lowest BCUT2D eigenvalue weighted by atomic mass is 10.0. The van der Waals surface area contributed by atoms with E-state index in [2.05, 4.69) is 16.1 Å². The lowest BCUT2D eigenvalue weighted by molar-refractivity contribution is -0.150. The fourth-order valence-electron chi connectivity index (χ4n) is 1.38. The van der Waals surface area contributed by atoms with Crippen LogP contribution in [-0.4, -0.2) is 58.4 Å². The highest BCUT2D eigenvalue weighted by molar-refractivity contribution is 5.87. The van der Waals surface area contributed by atoms with E-state index in [1.807, 2.05) is 0 Å². The van der Waals surface area contributed by atoms with Gasteiger partial charge in [0.2, 0.25) is 0 Å². The molecule has 1 unspecified atom stereocenters. The molecule has 0 aliphatic carbocycles. The summed E-state index contributed by atoms with van der Waals surface area (Å²) in [5.41, 5.74) is 0.213. The molecular formula is C16H24O10. The van der Waals surface area contributed by atoms with E-state index in [0.29, 0.717) is 6.61 Å². The SMILES string of the molecule is C=C(C)C(=O)OCCC(CC(=O)O)C(=O)O.CCOC(=O)CCC(=O)O. The van der Waals surface area contributed by atoms with Crippen molar-refractivity contribution in [2.24, 2.45) is 5.92 Å². The Morgan fingerprint density at radius 1 is 0.962 bits per heavy atom. The Hall–Kier alpha value is -2.91. The maximum absolute atomic E-state index is 10.9. The second kappa shape index (κ2) is 14.4. The number of rotatable bonds is 11. The Morgan fingerprint density at radius 2 is 1.54 bits per heavy atom. The van der Waals surface area contributed by atoms with E-state index >= 15 is 0 Å². The van der Waals surface area contributed by atoms with Gasteiger partial charge in [-0.15, -0.1) is 0 Å². The van der Waals surface area contributed by atoms with Crippen LogP contribution in [0.2, 0.25) is 0 Å². The summed E-state index contributed by atoms with van der Waals surface area (Å²) in [6, 6.07) is 0. The number of carbonyl (C=O) groups excluding carboxylic acids is 2. The molecule has 148 valence electrons. The minimum Gasteiger partial charge on any atom is -0.481 e. The van der Waals surface area contributed by atoms with Crippen LogP contribution in [0.15, 0.2) is 12.2 Å². The molecule has 0 aromatic carbocycles. The number of carboxylic acids is 3. The maximum Gasteiger partial charge on any atom is 0.333 e. The number of ether oxygens (including phenoxy) is 2. The molecule has 0 aromatic rings. The Balaban J connectivity index is 0. The largest absolute Gasteiger partial charge is 0.481 e. The highest BCUT2D eigenvalue weighted by Gasteiger charge is 2.21. The molecule has 10 heteroatoms. The number of carboxylic acid groups (broad SMARTS) is 3. The van der Waals surface area contributed by atoms with Crippen molar-refractivity contribution >= 4 is 29.8 Å². The van der Waals surface area contributed by atoms with E-state index < -0.39 is 42.2 Å². The summed E-state index contributed by atoms with van der Waals surface area (Å²) in [4.78, 5) is 52.3. The molecular weight excluding hydrogens is 352 g/mol. The van der Waals surface area contributed by atoms with Gasteiger partial charge in [0.1, 0.15) is 0 Å². The van der Waals surface area contributed by atoms with Crippen LogP contribution in [0, 0.1) is 5.92 Å². The molecule has 1 atom stereocenters. The molecule has 0 aliphatic rings. The first-order valence-corrected chi connectivity index (χ1v) is 7.65. The predicted octanol–water partition coefficient (Wildman–Crippen LogP) is 1.09. The zero-order valence-corrected chi connectivity index (χ0v) is 14.7. The number of hydrogen-bond acceptors (Lipinski definition) is 7. The van der Waals surface area contributed by atoms with Gasteiger partial charge in [-0.3, -0.25) is 19.2 Å². The Kier molecular flexibility index (Phi) is 14.1. The molecule has 0 saturated carbocycles. The van der Waals surface area contributed by atoms with Gasteiger partial charge < -0.3 is 24.8 Å². The minimum atomic E-state index is -1.21. The zero-order valence-electron chi connectivity index (χ0n) is 14.7. The molecule has 3 N–H and O–H groups in total. The van der Waals surface area contributed by atoms with E-state index in [-0.39, 0.29) is 31.4 Å². The summed E-state index contributed by atoms with van der Waals surface area (Å²) < 4.78 is 9.16. The number of esters is 2. The lowest BCUT2D eigenvalue weighted by Gasteiger charge is -2.09. The molecule has 0 aliphatic heterocycles. The van der Waals surface area contributed by atoms with Crippen molar-refractivity contribution in [2.45, 2.75) is 39.5 Å². The summed E-state index contributed by atoms with van der Waals surface area (Å²) >= 11 is 0. The number of aliphatic carboxylic acids is 3. The van der Waals surface area contributed by atoms with Gasteiger partial charge in [0.05, 0.1) is 38.4 Å². The third-order valence-corrected chi connectivity index (χ3v) is 2.67. The molecule has 0 rings (SSSR count). The summed E-state index contributed by atoms with van der Waals surface area (Å²) in [5, 5.41) is 25.2. The average molecular weight is 376 g/mol. The van der Waals surface area contributed by atoms with Gasteiger partial charge in [-0.2, -0.15) is 0 Å². The normalized spacial score (nSPS) is 10.5. The third-order valence-electron chi connectivity index (χ3n) is 2.67. The summed E-state index contributed by atoms with van der Waals surface area (Å²) in [7, 11) is 0. The monoisotopic (exact) mass is 376 g/mol. The second-order valence-electron chi connectivity index (χ2n) is 5.04. The van der Waals surface area contributed by atoms with E-state index in [0.717, 1.165) is 0 Å². The molecule has 0 saturated heterocycles. The smallest absolute Gasteiger partial charge is 0.333 e. The summed E-state index contributed by atoms with van der Waals surface area (Å²) in [5.74, 6) is -5.50. The first-order valence-electron chi connectivity index (χ1n) is 7.65. The first-order chi connectivity index (χ1) is 12.0. The van der Waals surface area contributed by atoms with Gasteiger partial charge in [-0.1, -0.05) is 6.58 Å². The molecule has 0 radical (unpaired) electrons. The van der Waals surface area contributed by atoms with Crippen LogP contribution < -0.4 is 0 Å². The molecule has 0 bridgehead atoms. The molecule has 26 heavy (non-hydrogen) atoms. The maximum atomic E-state index is 10.9. The van der Waals surface area contributed by atoms with Crippen LogP contribution >= 0.6 is 0 Å². The van der Waals surface area contributed by atoms with Crippen molar-refractivity contribution in [2.75, 3.05) is 13.2 Å². The van der Waals surface area contributed by atoms with Gasteiger partial charge in [0.25, 0.3) is 0 Å². The van der Waals surface area contributed by atoms with E-state index in [1.54, 1.807) is 6.92 Å². The number of carbonyl (C=O) groups is 5. The number of hydrogen-bond donors (Lipinski definition) is 3. The van der Waals surface area contributed by atoms with E-state index in [1.165, 1.54) is 6.92 Å².